The van der Waals surface area contributed by atoms with Gasteiger partial charge in [0.05, 0.1) is 22.9 Å². The summed E-state index contributed by atoms with van der Waals surface area (Å²) in [5.41, 5.74) is 4.94. The van der Waals surface area contributed by atoms with Crippen LogP contribution in [0.4, 0.5) is 0 Å². The molecule has 4 rings (SSSR count). The second-order valence-electron chi connectivity index (χ2n) is 5.37. The topological polar surface area (TPSA) is 29.9 Å². The molecule has 3 heterocycles. The predicted molar refractivity (Wildman–Crippen MR) is 78.4 cm³/mol. The molecule has 0 saturated heterocycles. The van der Waals surface area contributed by atoms with Crippen LogP contribution in [0.2, 0.25) is 0 Å². The van der Waals surface area contributed by atoms with Crippen LogP contribution in [0.1, 0.15) is 24.5 Å². The monoisotopic (exact) mass is 251 g/mol. The van der Waals surface area contributed by atoms with Crippen molar-refractivity contribution in [3.63, 3.8) is 0 Å². The van der Waals surface area contributed by atoms with Crippen molar-refractivity contribution >= 4 is 21.8 Å². The molecule has 3 nitrogen and oxygen atoms in total. The highest BCUT2D eigenvalue weighted by atomic mass is 15.2. The summed E-state index contributed by atoms with van der Waals surface area (Å²) in [6.07, 6.45) is 1.31. The molecule has 0 saturated carbocycles. The molecule has 3 aromatic rings. The number of rotatable bonds is 0. The smallest absolute Gasteiger partial charge is 0.0817 e. The van der Waals surface area contributed by atoms with Crippen LogP contribution in [0, 0.1) is 6.92 Å². The van der Waals surface area contributed by atoms with E-state index in [-0.39, 0.29) is 0 Å². The summed E-state index contributed by atoms with van der Waals surface area (Å²) in [5, 5.41) is 6.25. The van der Waals surface area contributed by atoms with E-state index in [0.717, 1.165) is 18.7 Å². The number of nitrogens with one attached hydrogen (secondary N) is 1. The minimum absolute atomic E-state index is 0.313. The van der Waals surface area contributed by atoms with Crippen molar-refractivity contribution in [2.45, 2.75) is 26.4 Å². The summed E-state index contributed by atoms with van der Waals surface area (Å²) in [5.74, 6) is 0. The van der Waals surface area contributed by atoms with E-state index in [1.54, 1.807) is 0 Å². The second kappa shape index (κ2) is 3.81. The molecule has 19 heavy (non-hydrogen) atoms. The van der Waals surface area contributed by atoms with Gasteiger partial charge in [0.25, 0.3) is 0 Å². The van der Waals surface area contributed by atoms with E-state index in [9.17, 15) is 0 Å². The SMILES string of the molecule is Cc1cc2c3ccccc3n3c2c(n1)CCN[C@@H]3C. The molecule has 2 aromatic heterocycles. The number of aromatic nitrogens is 2. The van der Waals surface area contributed by atoms with E-state index >= 15 is 0 Å². The summed E-state index contributed by atoms with van der Waals surface area (Å²) < 4.78 is 2.40. The Labute approximate surface area is 112 Å². The number of para-hydroxylation sites is 1. The lowest BCUT2D eigenvalue weighted by molar-refractivity contribution is 0.472. The van der Waals surface area contributed by atoms with Crippen LogP contribution in [0.3, 0.4) is 0 Å². The largest absolute Gasteiger partial charge is 0.323 e. The minimum Gasteiger partial charge on any atom is -0.323 e. The second-order valence-corrected chi connectivity index (χ2v) is 5.37. The normalized spacial score (nSPS) is 18.9. The van der Waals surface area contributed by atoms with Crippen LogP contribution in [0.5, 0.6) is 0 Å². The summed E-state index contributed by atoms with van der Waals surface area (Å²) in [4.78, 5) is 4.76. The molecule has 0 spiro atoms. The Bertz CT molecular complexity index is 785. The van der Waals surface area contributed by atoms with Crippen LogP contribution >= 0.6 is 0 Å². The van der Waals surface area contributed by atoms with Crippen LogP contribution < -0.4 is 5.32 Å². The average molecular weight is 251 g/mol. The molecule has 3 heteroatoms. The number of aryl methyl sites for hydroxylation is 1. The number of fused-ring (bicyclic) bond motifs is 3. The molecule has 0 bridgehead atoms. The molecule has 1 atom stereocenters. The van der Waals surface area contributed by atoms with Crippen LogP contribution in [0.15, 0.2) is 30.3 Å². The molecule has 96 valence electrons. The van der Waals surface area contributed by atoms with E-state index in [1.165, 1.54) is 27.5 Å². The first-order valence-corrected chi connectivity index (χ1v) is 6.88. The highest BCUT2D eigenvalue weighted by Gasteiger charge is 2.21. The van der Waals surface area contributed by atoms with Crippen LogP contribution in [0.25, 0.3) is 21.8 Å². The molecule has 1 aliphatic rings. The van der Waals surface area contributed by atoms with Gasteiger partial charge in [-0.3, -0.25) is 10.3 Å². The Kier molecular flexibility index (Phi) is 2.21. The molecular formula is C16H17N3. The highest BCUT2D eigenvalue weighted by molar-refractivity contribution is 6.09. The molecule has 0 fully saturated rings. The lowest BCUT2D eigenvalue weighted by Crippen LogP contribution is -2.23. The third kappa shape index (κ3) is 1.45. The van der Waals surface area contributed by atoms with E-state index in [2.05, 4.69) is 54.1 Å². The number of pyridine rings is 1. The first-order valence-electron chi connectivity index (χ1n) is 6.88. The van der Waals surface area contributed by atoms with Crippen molar-refractivity contribution in [2.75, 3.05) is 6.54 Å². The minimum atomic E-state index is 0.313. The van der Waals surface area contributed by atoms with Crippen LogP contribution in [-0.2, 0) is 6.42 Å². The number of hydrogen-bond acceptors (Lipinski definition) is 2. The van der Waals surface area contributed by atoms with Gasteiger partial charge in [0.1, 0.15) is 0 Å². The van der Waals surface area contributed by atoms with Gasteiger partial charge in [0.15, 0.2) is 0 Å². The van der Waals surface area contributed by atoms with Gasteiger partial charge in [-0.05, 0) is 26.0 Å². The zero-order valence-corrected chi connectivity index (χ0v) is 11.3. The lowest BCUT2D eigenvalue weighted by Gasteiger charge is -2.15. The Morgan fingerprint density at radius 3 is 3.00 bits per heavy atom. The van der Waals surface area contributed by atoms with Crippen molar-refractivity contribution in [3.05, 3.63) is 41.7 Å². The van der Waals surface area contributed by atoms with E-state index < -0.39 is 0 Å². The van der Waals surface area contributed by atoms with Crippen molar-refractivity contribution < 1.29 is 0 Å². The lowest BCUT2D eigenvalue weighted by atomic mass is 10.1. The van der Waals surface area contributed by atoms with E-state index in [1.807, 2.05) is 0 Å². The molecule has 1 aromatic carbocycles. The van der Waals surface area contributed by atoms with Crippen molar-refractivity contribution in [1.29, 1.82) is 0 Å². The number of nitrogens with zero attached hydrogens (tertiary/aromatic N) is 2. The maximum atomic E-state index is 4.76. The van der Waals surface area contributed by atoms with Gasteiger partial charge in [-0.15, -0.1) is 0 Å². The number of benzene rings is 1. The van der Waals surface area contributed by atoms with Gasteiger partial charge >= 0.3 is 0 Å². The van der Waals surface area contributed by atoms with Gasteiger partial charge in [-0.2, -0.15) is 0 Å². The van der Waals surface area contributed by atoms with Crippen molar-refractivity contribution in [1.82, 2.24) is 14.9 Å². The third-order valence-electron chi connectivity index (χ3n) is 4.08. The fourth-order valence-electron chi connectivity index (χ4n) is 3.30. The van der Waals surface area contributed by atoms with Gasteiger partial charge < -0.3 is 4.57 Å². The van der Waals surface area contributed by atoms with Crippen molar-refractivity contribution in [2.24, 2.45) is 0 Å². The predicted octanol–water partition coefficient (Wildman–Crippen LogP) is 3.16. The Balaban J connectivity index is 2.29. The molecule has 0 unspecified atom stereocenters. The fraction of sp³-hybridized carbons (Fsp3) is 0.312. The first-order chi connectivity index (χ1) is 9.25. The molecule has 0 radical (unpaired) electrons. The van der Waals surface area contributed by atoms with Crippen LogP contribution in [-0.4, -0.2) is 16.1 Å². The highest BCUT2D eigenvalue weighted by Crippen LogP contribution is 2.34. The molecule has 1 aliphatic heterocycles. The summed E-state index contributed by atoms with van der Waals surface area (Å²) in [6, 6.07) is 10.9. The molecule has 1 N–H and O–H groups in total. The Morgan fingerprint density at radius 2 is 2.11 bits per heavy atom. The van der Waals surface area contributed by atoms with Gasteiger partial charge in [-0.25, -0.2) is 0 Å². The zero-order valence-electron chi connectivity index (χ0n) is 11.3. The average Bonchev–Trinajstić information content (AvgIpc) is 2.63. The van der Waals surface area contributed by atoms with E-state index in [4.69, 9.17) is 4.98 Å². The Hall–Kier alpha value is -1.87. The van der Waals surface area contributed by atoms with Gasteiger partial charge in [-0.1, -0.05) is 18.2 Å². The van der Waals surface area contributed by atoms with Gasteiger partial charge in [0, 0.05) is 29.4 Å². The van der Waals surface area contributed by atoms with Crippen molar-refractivity contribution in [3.8, 4) is 0 Å². The molecule has 0 aliphatic carbocycles. The fourth-order valence-corrected chi connectivity index (χ4v) is 3.30. The quantitative estimate of drug-likeness (QED) is 0.665. The van der Waals surface area contributed by atoms with E-state index in [0.29, 0.717) is 6.17 Å². The Morgan fingerprint density at radius 1 is 1.26 bits per heavy atom. The summed E-state index contributed by atoms with van der Waals surface area (Å²) >= 11 is 0. The summed E-state index contributed by atoms with van der Waals surface area (Å²) in [7, 11) is 0. The third-order valence-corrected chi connectivity index (χ3v) is 4.08. The zero-order chi connectivity index (χ0) is 13.0. The first kappa shape index (κ1) is 11.0. The standard InChI is InChI=1S/C16H17N3/c1-10-9-13-12-5-3-4-6-15(12)19-11(2)17-8-7-14(18-10)16(13)19/h3-6,9,11,17H,7-8H2,1-2H3/t11-/m0/s1. The summed E-state index contributed by atoms with van der Waals surface area (Å²) in [6.45, 7) is 5.30. The molecular weight excluding hydrogens is 234 g/mol. The maximum Gasteiger partial charge on any atom is 0.0817 e. The number of hydrogen-bond donors (Lipinski definition) is 1. The van der Waals surface area contributed by atoms with Gasteiger partial charge in [0.2, 0.25) is 0 Å². The maximum absolute atomic E-state index is 4.76. The molecule has 0 amide bonds.